The molecule has 1 N–H and O–H groups in total. The second-order valence-corrected chi connectivity index (χ2v) is 15.6. The average molecular weight is 892 g/mol. The summed E-state index contributed by atoms with van der Waals surface area (Å²) in [6.45, 7) is 7.87. The Hall–Kier alpha value is -5.50. The summed E-state index contributed by atoms with van der Waals surface area (Å²) in [5, 5.41) is 2.84. The first kappa shape index (κ1) is 57.5. The Morgan fingerprint density at radius 2 is 0.923 bits per heavy atom. The molecule has 0 saturated heterocycles. The van der Waals surface area contributed by atoms with Gasteiger partial charge in [0.1, 0.15) is 11.3 Å². The molecule has 8 heteroatoms. The molecule has 0 fully saturated rings. The van der Waals surface area contributed by atoms with E-state index in [2.05, 4.69) is 142 Å². The lowest BCUT2D eigenvalue weighted by atomic mass is 10.1. The van der Waals surface area contributed by atoms with Crippen molar-refractivity contribution in [2.75, 3.05) is 5.32 Å². The molecule has 0 saturated carbocycles. The fraction of sp³-hybridized carbons (Fsp3) is 0.474. The van der Waals surface area contributed by atoms with Gasteiger partial charge in [0.25, 0.3) is 0 Å². The minimum absolute atomic E-state index is 0.000668. The van der Waals surface area contributed by atoms with Gasteiger partial charge in [0.2, 0.25) is 12.2 Å². The molecular formula is C57H81NO7. The number of ether oxygens (including phenoxy) is 3. The average Bonchev–Trinajstić information content (AvgIpc) is 3.28. The highest BCUT2D eigenvalue weighted by Gasteiger charge is 2.22. The van der Waals surface area contributed by atoms with Crippen molar-refractivity contribution in [2.45, 2.75) is 175 Å². The number of nitrogens with one attached hydrogen (secondary N) is 1. The highest BCUT2D eigenvalue weighted by atomic mass is 16.7. The van der Waals surface area contributed by atoms with Gasteiger partial charge in [-0.3, -0.25) is 14.4 Å². The van der Waals surface area contributed by atoms with E-state index >= 15 is 0 Å². The van der Waals surface area contributed by atoms with E-state index in [-0.39, 0.29) is 36.5 Å². The van der Waals surface area contributed by atoms with Crippen LogP contribution in [0.15, 0.2) is 140 Å². The minimum atomic E-state index is -1.16. The Morgan fingerprint density at radius 3 is 1.40 bits per heavy atom. The molecule has 1 aromatic rings. The van der Waals surface area contributed by atoms with Crippen LogP contribution in [0.3, 0.4) is 0 Å². The molecule has 1 atom stereocenters. The zero-order valence-corrected chi connectivity index (χ0v) is 40.3. The SMILES string of the molecule is CC/C=C\C/C=C\C/C=C\C/C=C\C/C=C\CCCC(=O)Nc1ccc(OC(=O)CCC/C=C\C/C=C\C/C=C\C/C=C\C/C=C\CC)c(C(=O)OC(C)OC(=O)CCCCCCC)c1. The summed E-state index contributed by atoms with van der Waals surface area (Å²) in [5.74, 6) is -2.00. The van der Waals surface area contributed by atoms with E-state index in [1.807, 2.05) is 6.08 Å². The Balaban J connectivity index is 2.67. The molecule has 0 heterocycles. The predicted octanol–water partition coefficient (Wildman–Crippen LogP) is 15.8. The van der Waals surface area contributed by atoms with E-state index in [1.54, 1.807) is 6.07 Å². The van der Waals surface area contributed by atoms with Crippen molar-refractivity contribution in [1.29, 1.82) is 0 Å². The normalized spacial score (nSPS) is 12.9. The van der Waals surface area contributed by atoms with Gasteiger partial charge in [0, 0.05) is 31.9 Å². The van der Waals surface area contributed by atoms with E-state index < -0.39 is 24.2 Å². The standard InChI is InChI=1S/C57H81NO7/c1-5-8-11-14-16-18-20-22-24-26-28-30-32-34-36-39-41-44-54(59)58-51-47-48-53(52(49-51)57(62)64-50(4)63-55(60)45-42-38-13-10-7-3)65-56(61)46-43-40-37-35-33-31-29-27-25-23-21-19-17-15-12-9-6-2/h8-9,11-12,16-19,22-25,28-31,34-37,47-50H,5-7,10,13-15,20-21,26-27,32-33,38-46H2,1-4H3,(H,58,59)/b11-8-,12-9-,18-16-,19-17-,24-22-,25-23-,30-28-,31-29-,36-34-,37-35-. The van der Waals surface area contributed by atoms with Crippen molar-refractivity contribution in [3.8, 4) is 5.75 Å². The molecule has 0 aromatic heterocycles. The zero-order valence-electron chi connectivity index (χ0n) is 40.3. The van der Waals surface area contributed by atoms with E-state index in [9.17, 15) is 19.2 Å². The molecule has 1 aromatic carbocycles. The van der Waals surface area contributed by atoms with Crippen LogP contribution in [-0.2, 0) is 23.9 Å². The van der Waals surface area contributed by atoms with Crippen molar-refractivity contribution in [3.05, 3.63) is 145 Å². The number of allylic oxidation sites excluding steroid dienone is 20. The largest absolute Gasteiger partial charge is 0.426 e. The van der Waals surface area contributed by atoms with Crippen LogP contribution >= 0.6 is 0 Å². The van der Waals surface area contributed by atoms with Gasteiger partial charge in [0.15, 0.2) is 0 Å². The fourth-order valence-electron chi connectivity index (χ4n) is 6.09. The van der Waals surface area contributed by atoms with Gasteiger partial charge >= 0.3 is 17.9 Å². The molecule has 1 amide bonds. The predicted molar refractivity (Wildman–Crippen MR) is 272 cm³/mol. The topological polar surface area (TPSA) is 108 Å². The summed E-state index contributed by atoms with van der Waals surface area (Å²) in [5.41, 5.74) is 0.293. The van der Waals surface area contributed by atoms with Gasteiger partial charge < -0.3 is 19.5 Å². The van der Waals surface area contributed by atoms with Gasteiger partial charge in [0.05, 0.1) is 0 Å². The van der Waals surface area contributed by atoms with Gasteiger partial charge in [-0.05, 0) is 115 Å². The Kier molecular flexibility index (Phi) is 37.6. The van der Waals surface area contributed by atoms with Gasteiger partial charge in [-0.2, -0.15) is 0 Å². The Bertz CT molecular complexity index is 1750. The molecule has 65 heavy (non-hydrogen) atoms. The monoisotopic (exact) mass is 892 g/mol. The smallest absolute Gasteiger partial charge is 0.345 e. The maximum Gasteiger partial charge on any atom is 0.345 e. The number of anilines is 1. The number of unbranched alkanes of at least 4 members (excludes halogenated alkanes) is 6. The van der Waals surface area contributed by atoms with Crippen LogP contribution in [0, 0.1) is 0 Å². The van der Waals surface area contributed by atoms with Crippen LogP contribution in [0.25, 0.3) is 0 Å². The molecule has 0 bridgehead atoms. The molecule has 356 valence electrons. The van der Waals surface area contributed by atoms with Crippen LogP contribution in [0.2, 0.25) is 0 Å². The summed E-state index contributed by atoms with van der Waals surface area (Å²) >= 11 is 0. The van der Waals surface area contributed by atoms with Crippen LogP contribution in [0.5, 0.6) is 5.75 Å². The van der Waals surface area contributed by atoms with Gasteiger partial charge in [-0.1, -0.05) is 168 Å². The highest BCUT2D eigenvalue weighted by Crippen LogP contribution is 2.26. The third-order valence-electron chi connectivity index (χ3n) is 9.60. The zero-order chi connectivity index (χ0) is 47.3. The van der Waals surface area contributed by atoms with Gasteiger partial charge in [-0.15, -0.1) is 0 Å². The number of amides is 1. The number of benzene rings is 1. The second-order valence-electron chi connectivity index (χ2n) is 15.6. The van der Waals surface area contributed by atoms with Crippen LogP contribution in [-0.4, -0.2) is 30.1 Å². The number of hydrogen-bond donors (Lipinski definition) is 1. The summed E-state index contributed by atoms with van der Waals surface area (Å²) in [7, 11) is 0. The molecule has 0 aliphatic heterocycles. The molecule has 1 rings (SSSR count). The molecule has 0 spiro atoms. The molecule has 0 aliphatic rings. The first-order chi connectivity index (χ1) is 31.8. The summed E-state index contributed by atoms with van der Waals surface area (Å²) in [6, 6.07) is 4.48. The molecule has 0 aliphatic carbocycles. The Morgan fingerprint density at radius 1 is 0.492 bits per heavy atom. The number of carbonyl (C=O) groups excluding carboxylic acids is 4. The van der Waals surface area contributed by atoms with Crippen LogP contribution in [0.1, 0.15) is 179 Å². The first-order valence-corrected chi connectivity index (χ1v) is 24.4. The van der Waals surface area contributed by atoms with Crippen molar-refractivity contribution < 1.29 is 33.4 Å². The Labute approximate surface area is 393 Å². The lowest BCUT2D eigenvalue weighted by molar-refractivity contribution is -0.165. The van der Waals surface area contributed by atoms with E-state index in [4.69, 9.17) is 14.2 Å². The second kappa shape index (κ2) is 42.5. The van der Waals surface area contributed by atoms with Crippen molar-refractivity contribution in [3.63, 3.8) is 0 Å². The lowest BCUT2D eigenvalue weighted by Gasteiger charge is -2.16. The molecular weight excluding hydrogens is 811 g/mol. The first-order valence-electron chi connectivity index (χ1n) is 24.4. The van der Waals surface area contributed by atoms with Crippen LogP contribution in [0.4, 0.5) is 5.69 Å². The molecule has 1 unspecified atom stereocenters. The number of carbonyl (C=O) groups is 4. The van der Waals surface area contributed by atoms with E-state index in [0.29, 0.717) is 31.4 Å². The van der Waals surface area contributed by atoms with E-state index in [1.165, 1.54) is 19.1 Å². The number of esters is 3. The van der Waals surface area contributed by atoms with Crippen molar-refractivity contribution in [1.82, 2.24) is 0 Å². The fourth-order valence-corrected chi connectivity index (χ4v) is 6.09. The maximum atomic E-state index is 13.4. The lowest BCUT2D eigenvalue weighted by Crippen LogP contribution is -2.22. The molecule has 8 nitrogen and oxygen atoms in total. The van der Waals surface area contributed by atoms with Crippen molar-refractivity contribution >= 4 is 29.5 Å². The molecule has 0 radical (unpaired) electrons. The summed E-state index contributed by atoms with van der Waals surface area (Å²) < 4.78 is 16.5. The minimum Gasteiger partial charge on any atom is -0.426 e. The third-order valence-corrected chi connectivity index (χ3v) is 9.60. The van der Waals surface area contributed by atoms with Crippen molar-refractivity contribution in [2.24, 2.45) is 0 Å². The summed E-state index contributed by atoms with van der Waals surface area (Å²) in [4.78, 5) is 51.6. The maximum absolute atomic E-state index is 13.4. The van der Waals surface area contributed by atoms with Crippen LogP contribution < -0.4 is 10.1 Å². The number of hydrogen-bond acceptors (Lipinski definition) is 7. The van der Waals surface area contributed by atoms with Gasteiger partial charge in [-0.25, -0.2) is 4.79 Å². The van der Waals surface area contributed by atoms with E-state index in [0.717, 1.165) is 96.3 Å². The third kappa shape index (κ3) is 35.5. The summed E-state index contributed by atoms with van der Waals surface area (Å²) in [6.07, 6.45) is 59.5. The highest BCUT2D eigenvalue weighted by molar-refractivity contribution is 5.97. The quantitative estimate of drug-likeness (QED) is 0.0233. The number of rotatable bonds is 37.